The van der Waals surface area contributed by atoms with Gasteiger partial charge in [0.1, 0.15) is 16.5 Å². The number of alkyl halides is 3. The Hall–Kier alpha value is -3.17. The largest absolute Gasteiger partial charge is 0.416 e. The van der Waals surface area contributed by atoms with Crippen LogP contribution in [-0.2, 0) is 11.0 Å². The molecule has 0 saturated carbocycles. The first-order chi connectivity index (χ1) is 15.7. The number of halogens is 5. The Morgan fingerprint density at radius 3 is 2.36 bits per heavy atom. The van der Waals surface area contributed by atoms with Crippen molar-refractivity contribution in [2.45, 2.75) is 11.2 Å². The van der Waals surface area contributed by atoms with Crippen molar-refractivity contribution in [2.75, 3.05) is 11.1 Å². The van der Waals surface area contributed by atoms with E-state index in [-0.39, 0.29) is 22.3 Å². The molecule has 10 heteroatoms. The summed E-state index contributed by atoms with van der Waals surface area (Å²) in [4.78, 5) is 12.4. The van der Waals surface area contributed by atoms with E-state index in [1.54, 1.807) is 12.1 Å². The minimum atomic E-state index is -4.56. The molecule has 0 aliphatic rings. The molecule has 0 fully saturated rings. The van der Waals surface area contributed by atoms with Gasteiger partial charge in [-0.05, 0) is 42.5 Å². The first-order valence-electron chi connectivity index (χ1n) is 9.53. The average molecular weight is 492 g/mol. The van der Waals surface area contributed by atoms with Crippen LogP contribution >= 0.6 is 23.4 Å². The molecule has 168 valence electrons. The zero-order valence-corrected chi connectivity index (χ0v) is 18.2. The monoisotopic (exact) mass is 491 g/mol. The van der Waals surface area contributed by atoms with Crippen LogP contribution in [0.15, 0.2) is 71.8 Å². The molecule has 1 heterocycles. The van der Waals surface area contributed by atoms with Gasteiger partial charge >= 0.3 is 6.18 Å². The number of nitrogens with one attached hydrogen (secondary N) is 1. The van der Waals surface area contributed by atoms with Crippen molar-refractivity contribution >= 4 is 45.7 Å². The third-order valence-corrected chi connectivity index (χ3v) is 5.99. The standard InChI is InChI=1S/C23H14ClF4N3OS/c24-18-10-7-14(23(26,27)28)11-19(18)29-20(32)12-33-22-17-4-2-1-3-16(17)21(30-31-22)13-5-8-15(25)9-6-13/h1-11H,12H2,(H,29,32). The lowest BCUT2D eigenvalue weighted by Crippen LogP contribution is -2.15. The summed E-state index contributed by atoms with van der Waals surface area (Å²) in [6, 6.07) is 15.9. The highest BCUT2D eigenvalue weighted by Crippen LogP contribution is 2.35. The van der Waals surface area contributed by atoms with Gasteiger partial charge in [-0.15, -0.1) is 10.2 Å². The summed E-state index contributed by atoms with van der Waals surface area (Å²) in [6.07, 6.45) is -4.56. The number of hydrogen-bond donors (Lipinski definition) is 1. The van der Waals surface area contributed by atoms with E-state index in [2.05, 4.69) is 15.5 Å². The number of carbonyl (C=O) groups is 1. The van der Waals surface area contributed by atoms with Gasteiger partial charge in [-0.2, -0.15) is 13.2 Å². The van der Waals surface area contributed by atoms with Crippen LogP contribution in [-0.4, -0.2) is 21.9 Å². The summed E-state index contributed by atoms with van der Waals surface area (Å²) in [6.45, 7) is 0. The molecule has 0 spiro atoms. The van der Waals surface area contributed by atoms with E-state index in [1.807, 2.05) is 24.3 Å². The quantitative estimate of drug-likeness (QED) is 0.245. The lowest BCUT2D eigenvalue weighted by Gasteiger charge is -2.12. The molecule has 4 rings (SSSR count). The van der Waals surface area contributed by atoms with Crippen LogP contribution in [0.3, 0.4) is 0 Å². The topological polar surface area (TPSA) is 54.9 Å². The van der Waals surface area contributed by atoms with Crippen LogP contribution in [0, 0.1) is 5.82 Å². The number of fused-ring (bicyclic) bond motifs is 1. The Morgan fingerprint density at radius 2 is 1.67 bits per heavy atom. The minimum absolute atomic E-state index is 0.00441. The molecule has 0 aliphatic carbocycles. The fraction of sp³-hybridized carbons (Fsp3) is 0.0870. The maximum absolute atomic E-state index is 13.3. The highest BCUT2D eigenvalue weighted by atomic mass is 35.5. The average Bonchev–Trinajstić information content (AvgIpc) is 2.79. The highest BCUT2D eigenvalue weighted by Gasteiger charge is 2.31. The van der Waals surface area contributed by atoms with Gasteiger partial charge in [0.15, 0.2) is 0 Å². The number of benzene rings is 3. The summed E-state index contributed by atoms with van der Waals surface area (Å²) in [5.74, 6) is -1.04. The van der Waals surface area contributed by atoms with E-state index >= 15 is 0 Å². The van der Waals surface area contributed by atoms with Gasteiger partial charge in [0.2, 0.25) is 5.91 Å². The second-order valence-corrected chi connectivity index (χ2v) is 8.31. The second-order valence-electron chi connectivity index (χ2n) is 6.94. The molecule has 33 heavy (non-hydrogen) atoms. The number of aromatic nitrogens is 2. The van der Waals surface area contributed by atoms with Crippen molar-refractivity contribution in [1.29, 1.82) is 0 Å². The maximum Gasteiger partial charge on any atom is 0.416 e. The van der Waals surface area contributed by atoms with Crippen molar-refractivity contribution in [3.8, 4) is 11.3 Å². The predicted molar refractivity (Wildman–Crippen MR) is 121 cm³/mol. The fourth-order valence-corrected chi connectivity index (χ4v) is 4.06. The first-order valence-corrected chi connectivity index (χ1v) is 10.9. The molecule has 3 aromatic carbocycles. The van der Waals surface area contributed by atoms with E-state index in [4.69, 9.17) is 11.6 Å². The van der Waals surface area contributed by atoms with Crippen LogP contribution in [0.4, 0.5) is 23.2 Å². The highest BCUT2D eigenvalue weighted by molar-refractivity contribution is 8.00. The van der Waals surface area contributed by atoms with Crippen molar-refractivity contribution < 1.29 is 22.4 Å². The number of rotatable bonds is 5. The SMILES string of the molecule is O=C(CSc1nnc(-c2ccc(F)cc2)c2ccccc12)Nc1cc(C(F)(F)F)ccc1Cl. The number of anilines is 1. The van der Waals surface area contributed by atoms with Crippen molar-refractivity contribution in [2.24, 2.45) is 0 Å². The fourth-order valence-electron chi connectivity index (χ4n) is 3.12. The maximum atomic E-state index is 13.3. The third kappa shape index (κ3) is 5.26. The van der Waals surface area contributed by atoms with Gasteiger partial charge in [-0.25, -0.2) is 4.39 Å². The molecule has 0 aliphatic heterocycles. The molecule has 1 aromatic heterocycles. The molecular weight excluding hydrogens is 478 g/mol. The predicted octanol–water partition coefficient (Wildman–Crippen LogP) is 6.84. The number of thioether (sulfide) groups is 1. The van der Waals surface area contributed by atoms with E-state index in [0.717, 1.165) is 40.7 Å². The smallest absolute Gasteiger partial charge is 0.324 e. The molecule has 1 amide bonds. The molecule has 4 aromatic rings. The molecule has 0 radical (unpaired) electrons. The normalized spacial score (nSPS) is 11.5. The Kier molecular flexibility index (Phi) is 6.53. The van der Waals surface area contributed by atoms with E-state index < -0.39 is 17.6 Å². The van der Waals surface area contributed by atoms with Crippen molar-refractivity contribution in [3.05, 3.63) is 83.1 Å². The zero-order valence-electron chi connectivity index (χ0n) is 16.7. The van der Waals surface area contributed by atoms with Crippen LogP contribution in [0.2, 0.25) is 5.02 Å². The van der Waals surface area contributed by atoms with Gasteiger partial charge in [0, 0.05) is 16.3 Å². The van der Waals surface area contributed by atoms with Crippen LogP contribution in [0.5, 0.6) is 0 Å². The molecule has 0 atom stereocenters. The Labute approximate surface area is 195 Å². The Morgan fingerprint density at radius 1 is 0.970 bits per heavy atom. The van der Waals surface area contributed by atoms with Crippen LogP contribution < -0.4 is 5.32 Å². The van der Waals surface area contributed by atoms with E-state index in [9.17, 15) is 22.4 Å². The van der Waals surface area contributed by atoms with Crippen molar-refractivity contribution in [1.82, 2.24) is 10.2 Å². The van der Waals surface area contributed by atoms with Crippen LogP contribution in [0.25, 0.3) is 22.0 Å². The minimum Gasteiger partial charge on any atom is -0.324 e. The summed E-state index contributed by atoms with van der Waals surface area (Å²) in [5.41, 5.74) is 0.214. The Balaban J connectivity index is 1.54. The zero-order chi connectivity index (χ0) is 23.6. The number of amides is 1. The number of nitrogens with zero attached hydrogens (tertiary/aromatic N) is 2. The molecule has 0 unspecified atom stereocenters. The van der Waals surface area contributed by atoms with Crippen LogP contribution in [0.1, 0.15) is 5.56 Å². The third-order valence-electron chi connectivity index (χ3n) is 4.68. The van der Waals surface area contributed by atoms with E-state index in [0.29, 0.717) is 16.3 Å². The summed E-state index contributed by atoms with van der Waals surface area (Å²) in [7, 11) is 0. The summed E-state index contributed by atoms with van der Waals surface area (Å²) in [5, 5.41) is 12.8. The molecule has 0 saturated heterocycles. The van der Waals surface area contributed by atoms with Gasteiger partial charge in [-0.3, -0.25) is 4.79 Å². The molecule has 0 bridgehead atoms. The number of hydrogen-bond acceptors (Lipinski definition) is 4. The Bertz CT molecular complexity index is 1330. The number of carbonyl (C=O) groups excluding carboxylic acids is 1. The first kappa shape index (κ1) is 23.0. The lowest BCUT2D eigenvalue weighted by atomic mass is 10.1. The summed E-state index contributed by atoms with van der Waals surface area (Å²) >= 11 is 7.02. The molecular formula is C23H14ClF4N3OS. The second kappa shape index (κ2) is 9.36. The van der Waals surface area contributed by atoms with Gasteiger partial charge in [0.25, 0.3) is 0 Å². The van der Waals surface area contributed by atoms with Crippen molar-refractivity contribution in [3.63, 3.8) is 0 Å². The van der Waals surface area contributed by atoms with Gasteiger partial charge in [0.05, 0.1) is 22.0 Å². The van der Waals surface area contributed by atoms with E-state index in [1.165, 1.54) is 12.1 Å². The summed E-state index contributed by atoms with van der Waals surface area (Å²) < 4.78 is 52.1. The molecule has 1 N–H and O–H groups in total. The van der Waals surface area contributed by atoms with Gasteiger partial charge in [-0.1, -0.05) is 47.6 Å². The molecule has 4 nitrogen and oxygen atoms in total. The van der Waals surface area contributed by atoms with Gasteiger partial charge < -0.3 is 5.32 Å². The lowest BCUT2D eigenvalue weighted by molar-refractivity contribution is -0.137.